The second-order valence-corrected chi connectivity index (χ2v) is 9.12. The van der Waals surface area contributed by atoms with E-state index in [1.165, 1.54) is 51.4 Å². The number of hydrogen-bond donors (Lipinski definition) is 1. The Morgan fingerprint density at radius 3 is 2.67 bits per heavy atom. The minimum absolute atomic E-state index is 0.161. The molecule has 3 fully saturated rings. The Morgan fingerprint density at radius 1 is 1.05 bits per heavy atom. The standard InChI is InChI=1S/C20H32O/c1-13-7-8-15-18-16(9-11-19(13,15)2)20(3)10-5-4-6-14(20)12-17(18)21/h12-13,15-18,21H,4-11H2,1-3H3/t13?,15-,16+,17?,18-,19+,20-/m0/s1. The molecule has 0 aromatic heterocycles. The maximum atomic E-state index is 10.9. The summed E-state index contributed by atoms with van der Waals surface area (Å²) >= 11 is 0. The van der Waals surface area contributed by atoms with Crippen molar-refractivity contribution in [2.45, 2.75) is 78.2 Å². The van der Waals surface area contributed by atoms with E-state index in [0.717, 1.165) is 17.8 Å². The van der Waals surface area contributed by atoms with E-state index in [0.29, 0.717) is 16.7 Å². The van der Waals surface area contributed by atoms with Gasteiger partial charge in [-0.1, -0.05) is 38.8 Å². The van der Waals surface area contributed by atoms with Crippen LogP contribution in [0.2, 0.25) is 0 Å². The molecular formula is C20H32O. The molecule has 0 spiro atoms. The van der Waals surface area contributed by atoms with Gasteiger partial charge in [0.05, 0.1) is 6.10 Å². The van der Waals surface area contributed by atoms with Crippen LogP contribution in [0.1, 0.15) is 72.1 Å². The molecule has 0 saturated heterocycles. The minimum Gasteiger partial charge on any atom is -0.389 e. The van der Waals surface area contributed by atoms with Crippen molar-refractivity contribution in [1.82, 2.24) is 0 Å². The summed E-state index contributed by atoms with van der Waals surface area (Å²) in [5.74, 6) is 2.90. The van der Waals surface area contributed by atoms with Crippen LogP contribution in [0.4, 0.5) is 0 Å². The minimum atomic E-state index is -0.161. The van der Waals surface area contributed by atoms with Crippen LogP contribution in [0.3, 0.4) is 0 Å². The van der Waals surface area contributed by atoms with E-state index < -0.39 is 0 Å². The van der Waals surface area contributed by atoms with Crippen LogP contribution in [-0.2, 0) is 0 Å². The zero-order valence-corrected chi connectivity index (χ0v) is 14.1. The Morgan fingerprint density at radius 2 is 1.86 bits per heavy atom. The van der Waals surface area contributed by atoms with Gasteiger partial charge >= 0.3 is 0 Å². The third-order valence-electron chi connectivity index (χ3n) is 8.52. The molecule has 1 nitrogen and oxygen atoms in total. The number of aliphatic hydroxyl groups is 1. The summed E-state index contributed by atoms with van der Waals surface area (Å²) in [4.78, 5) is 0. The van der Waals surface area contributed by atoms with Gasteiger partial charge in [-0.05, 0) is 79.4 Å². The van der Waals surface area contributed by atoms with Crippen molar-refractivity contribution < 1.29 is 5.11 Å². The van der Waals surface area contributed by atoms with E-state index >= 15 is 0 Å². The molecule has 21 heavy (non-hydrogen) atoms. The Balaban J connectivity index is 1.75. The molecule has 7 atom stereocenters. The molecule has 0 heterocycles. The third-order valence-corrected chi connectivity index (χ3v) is 8.52. The van der Waals surface area contributed by atoms with E-state index in [4.69, 9.17) is 0 Å². The predicted octanol–water partition coefficient (Wildman–Crippen LogP) is 4.95. The Bertz CT molecular complexity index is 466. The van der Waals surface area contributed by atoms with E-state index in [1.54, 1.807) is 5.57 Å². The zero-order chi connectivity index (χ0) is 14.8. The first kappa shape index (κ1) is 14.3. The monoisotopic (exact) mass is 288 g/mol. The SMILES string of the molecule is CC1CC[C@H]2[C@@H]3C(O)C=C4CCCC[C@]4(C)[C@@H]3CC[C@]12C. The van der Waals surface area contributed by atoms with Gasteiger partial charge in [-0.2, -0.15) is 0 Å². The van der Waals surface area contributed by atoms with Crippen LogP contribution < -0.4 is 0 Å². The summed E-state index contributed by atoms with van der Waals surface area (Å²) in [6.07, 6.45) is 13.0. The molecule has 4 aliphatic rings. The highest BCUT2D eigenvalue weighted by molar-refractivity contribution is 5.26. The second-order valence-electron chi connectivity index (χ2n) is 9.12. The highest BCUT2D eigenvalue weighted by Gasteiger charge is 2.59. The van der Waals surface area contributed by atoms with Gasteiger partial charge in [0.25, 0.3) is 0 Å². The number of rotatable bonds is 0. The summed E-state index contributed by atoms with van der Waals surface area (Å²) in [7, 11) is 0. The van der Waals surface area contributed by atoms with Gasteiger partial charge in [-0.25, -0.2) is 0 Å². The fourth-order valence-corrected chi connectivity index (χ4v) is 6.95. The topological polar surface area (TPSA) is 20.2 Å². The molecule has 2 unspecified atom stereocenters. The molecule has 4 rings (SSSR count). The van der Waals surface area contributed by atoms with E-state index in [-0.39, 0.29) is 6.10 Å². The van der Waals surface area contributed by atoms with Gasteiger partial charge in [0.1, 0.15) is 0 Å². The second kappa shape index (κ2) is 4.60. The molecule has 0 radical (unpaired) electrons. The zero-order valence-electron chi connectivity index (χ0n) is 14.1. The Labute approximate surface area is 130 Å². The molecule has 3 saturated carbocycles. The van der Waals surface area contributed by atoms with Gasteiger partial charge in [0, 0.05) is 0 Å². The maximum absolute atomic E-state index is 10.9. The number of fused-ring (bicyclic) bond motifs is 5. The highest BCUT2D eigenvalue weighted by Crippen LogP contribution is 2.66. The molecule has 1 heteroatoms. The lowest BCUT2D eigenvalue weighted by atomic mass is 9.47. The number of hydrogen-bond acceptors (Lipinski definition) is 1. The van der Waals surface area contributed by atoms with Crippen molar-refractivity contribution in [3.05, 3.63) is 11.6 Å². The van der Waals surface area contributed by atoms with Gasteiger partial charge in [0.2, 0.25) is 0 Å². The average molecular weight is 288 g/mol. The normalized spacial score (nSPS) is 56.2. The first-order valence-corrected chi connectivity index (χ1v) is 9.36. The fourth-order valence-electron chi connectivity index (χ4n) is 6.95. The average Bonchev–Trinajstić information content (AvgIpc) is 2.76. The molecule has 0 aromatic carbocycles. The summed E-state index contributed by atoms with van der Waals surface area (Å²) in [6.45, 7) is 7.52. The van der Waals surface area contributed by atoms with Gasteiger partial charge in [0.15, 0.2) is 0 Å². The smallest absolute Gasteiger partial charge is 0.0757 e. The number of allylic oxidation sites excluding steroid dienone is 1. The van der Waals surface area contributed by atoms with E-state index in [1.807, 2.05) is 0 Å². The third kappa shape index (κ3) is 1.79. The van der Waals surface area contributed by atoms with Crippen LogP contribution in [0.25, 0.3) is 0 Å². The summed E-state index contributed by atoms with van der Waals surface area (Å²) < 4.78 is 0. The highest BCUT2D eigenvalue weighted by atomic mass is 16.3. The van der Waals surface area contributed by atoms with Crippen molar-refractivity contribution in [2.75, 3.05) is 0 Å². The van der Waals surface area contributed by atoms with Crippen molar-refractivity contribution in [1.29, 1.82) is 0 Å². The first-order valence-electron chi connectivity index (χ1n) is 9.36. The van der Waals surface area contributed by atoms with Crippen molar-refractivity contribution in [3.8, 4) is 0 Å². The summed E-state index contributed by atoms with van der Waals surface area (Å²) in [5.41, 5.74) is 2.52. The van der Waals surface area contributed by atoms with Crippen molar-refractivity contribution in [3.63, 3.8) is 0 Å². The quantitative estimate of drug-likeness (QED) is 0.626. The summed E-state index contributed by atoms with van der Waals surface area (Å²) in [5, 5.41) is 10.9. The molecule has 118 valence electrons. The first-order chi connectivity index (χ1) is 9.97. The maximum Gasteiger partial charge on any atom is 0.0757 e. The Kier molecular flexibility index (Phi) is 3.13. The van der Waals surface area contributed by atoms with Crippen molar-refractivity contribution in [2.24, 2.45) is 34.5 Å². The molecule has 0 aliphatic heterocycles. The van der Waals surface area contributed by atoms with Crippen LogP contribution >= 0.6 is 0 Å². The fraction of sp³-hybridized carbons (Fsp3) is 0.900. The van der Waals surface area contributed by atoms with Gasteiger partial charge in [-0.15, -0.1) is 0 Å². The lowest BCUT2D eigenvalue weighted by Gasteiger charge is -2.58. The van der Waals surface area contributed by atoms with Gasteiger partial charge in [-0.3, -0.25) is 0 Å². The predicted molar refractivity (Wildman–Crippen MR) is 86.9 cm³/mol. The van der Waals surface area contributed by atoms with Crippen LogP contribution in [0, 0.1) is 34.5 Å². The van der Waals surface area contributed by atoms with Crippen LogP contribution in [-0.4, -0.2) is 11.2 Å². The van der Waals surface area contributed by atoms with E-state index in [9.17, 15) is 5.11 Å². The van der Waals surface area contributed by atoms with Crippen molar-refractivity contribution >= 4 is 0 Å². The lowest BCUT2D eigenvalue weighted by molar-refractivity contribution is -0.0851. The molecular weight excluding hydrogens is 256 g/mol. The van der Waals surface area contributed by atoms with E-state index in [2.05, 4.69) is 26.8 Å². The largest absolute Gasteiger partial charge is 0.389 e. The molecule has 0 aromatic rings. The van der Waals surface area contributed by atoms with Crippen LogP contribution in [0.15, 0.2) is 11.6 Å². The molecule has 0 bridgehead atoms. The van der Waals surface area contributed by atoms with Crippen LogP contribution in [0.5, 0.6) is 0 Å². The Hall–Kier alpha value is -0.300. The van der Waals surface area contributed by atoms with Gasteiger partial charge < -0.3 is 5.11 Å². The lowest BCUT2D eigenvalue weighted by Crippen LogP contribution is -2.53. The summed E-state index contributed by atoms with van der Waals surface area (Å²) in [6, 6.07) is 0. The molecule has 4 aliphatic carbocycles. The molecule has 1 N–H and O–H groups in total. The number of aliphatic hydroxyl groups excluding tert-OH is 1. The molecule has 0 amide bonds.